The molecule has 27 heavy (non-hydrogen) atoms. The summed E-state index contributed by atoms with van der Waals surface area (Å²) >= 11 is 0. The Morgan fingerprint density at radius 1 is 1.22 bits per heavy atom. The molecular formula is C18H23F3N4O2. The van der Waals surface area contributed by atoms with Gasteiger partial charge in [-0.25, -0.2) is 15.0 Å². The second-order valence-corrected chi connectivity index (χ2v) is 7.05. The van der Waals surface area contributed by atoms with Gasteiger partial charge >= 0.3 is 6.18 Å². The van der Waals surface area contributed by atoms with Crippen LogP contribution in [0.15, 0.2) is 12.4 Å². The average molecular weight is 384 g/mol. The molecule has 148 valence electrons. The number of pyridine rings is 1. The van der Waals surface area contributed by atoms with Crippen molar-refractivity contribution in [2.75, 3.05) is 12.4 Å². The first-order valence-electron chi connectivity index (χ1n) is 8.98. The van der Waals surface area contributed by atoms with Gasteiger partial charge in [-0.05, 0) is 38.5 Å². The maximum absolute atomic E-state index is 12.6. The maximum atomic E-state index is 12.6. The van der Waals surface area contributed by atoms with E-state index < -0.39 is 18.6 Å². The molecule has 0 bridgehead atoms. The molecule has 0 spiro atoms. The number of anilines is 1. The summed E-state index contributed by atoms with van der Waals surface area (Å²) in [5.74, 6) is 0.703. The lowest BCUT2D eigenvalue weighted by molar-refractivity contribution is -0.136. The van der Waals surface area contributed by atoms with Gasteiger partial charge < -0.3 is 15.2 Å². The lowest BCUT2D eigenvalue weighted by atomic mass is 9.83. The highest BCUT2D eigenvalue weighted by Gasteiger charge is 2.30. The minimum atomic E-state index is -4.26. The van der Waals surface area contributed by atoms with E-state index in [1.165, 1.54) is 20.2 Å². The van der Waals surface area contributed by atoms with Crippen molar-refractivity contribution < 1.29 is 23.0 Å². The lowest BCUT2D eigenvalue weighted by Gasteiger charge is -2.26. The van der Waals surface area contributed by atoms with Crippen LogP contribution in [0.1, 0.15) is 50.5 Å². The molecule has 0 radical (unpaired) electrons. The van der Waals surface area contributed by atoms with Crippen LogP contribution in [-0.4, -0.2) is 45.5 Å². The first-order valence-corrected chi connectivity index (χ1v) is 8.98. The quantitative estimate of drug-likeness (QED) is 0.816. The number of aliphatic hydroxyl groups excluding tert-OH is 1. The number of rotatable bonds is 5. The Bertz CT molecular complexity index is 792. The van der Waals surface area contributed by atoms with Gasteiger partial charge in [-0.1, -0.05) is 0 Å². The topological polar surface area (TPSA) is 80.2 Å². The van der Waals surface area contributed by atoms with E-state index >= 15 is 0 Å². The Labute approximate surface area is 155 Å². The first-order chi connectivity index (χ1) is 12.8. The monoisotopic (exact) mass is 384 g/mol. The van der Waals surface area contributed by atoms with Crippen LogP contribution in [-0.2, 0) is 0 Å². The Kier molecular flexibility index (Phi) is 5.69. The van der Waals surface area contributed by atoms with Crippen LogP contribution in [0.3, 0.4) is 0 Å². The van der Waals surface area contributed by atoms with E-state index in [9.17, 15) is 18.3 Å². The third-order valence-corrected chi connectivity index (χ3v) is 4.86. The van der Waals surface area contributed by atoms with Crippen molar-refractivity contribution >= 4 is 16.9 Å². The van der Waals surface area contributed by atoms with Crippen molar-refractivity contribution in [3.8, 4) is 5.88 Å². The first kappa shape index (κ1) is 19.6. The molecule has 0 amide bonds. The minimum Gasteiger partial charge on any atom is -0.480 e. The summed E-state index contributed by atoms with van der Waals surface area (Å²) in [5.41, 5.74) is 1.53. The van der Waals surface area contributed by atoms with Gasteiger partial charge in [0.05, 0.1) is 30.5 Å². The SMILES string of the molecule is COc1ncc(C2CCC(O)CC2)c2nc(N[C@H](C)CC(F)(F)F)ncc12. The van der Waals surface area contributed by atoms with Gasteiger partial charge in [0.2, 0.25) is 11.8 Å². The number of methoxy groups -OCH3 is 1. The number of nitrogens with one attached hydrogen (secondary N) is 1. The standard InChI is InChI=1S/C18H23F3N4O2/c1-10(7-18(19,20)21)24-17-23-9-14-15(25-17)13(8-22-16(14)27-2)11-3-5-12(26)6-4-11/h8-12,26H,3-7H2,1-2H3,(H,23,24,25)/t10-,11?,12?/m1/s1. The summed E-state index contributed by atoms with van der Waals surface area (Å²) in [6.45, 7) is 1.44. The molecular weight excluding hydrogens is 361 g/mol. The Hall–Kier alpha value is -2.16. The molecule has 0 unspecified atom stereocenters. The number of hydrogen-bond donors (Lipinski definition) is 2. The van der Waals surface area contributed by atoms with Crippen LogP contribution in [0, 0.1) is 0 Å². The molecule has 2 aromatic rings. The zero-order chi connectivity index (χ0) is 19.6. The normalized spacial score (nSPS) is 21.9. The summed E-state index contributed by atoms with van der Waals surface area (Å²) in [6.07, 6.45) is 0.745. The van der Waals surface area contributed by atoms with Gasteiger partial charge in [0.15, 0.2) is 0 Å². The van der Waals surface area contributed by atoms with Crippen molar-refractivity contribution in [1.82, 2.24) is 15.0 Å². The predicted octanol–water partition coefficient (Wildman–Crippen LogP) is 3.80. The van der Waals surface area contributed by atoms with Gasteiger partial charge in [0, 0.05) is 24.0 Å². The maximum Gasteiger partial charge on any atom is 0.391 e. The molecule has 0 saturated heterocycles. The van der Waals surface area contributed by atoms with E-state index in [1.54, 1.807) is 6.20 Å². The van der Waals surface area contributed by atoms with Crippen molar-refractivity contribution in [3.63, 3.8) is 0 Å². The van der Waals surface area contributed by atoms with Crippen LogP contribution >= 0.6 is 0 Å². The molecule has 1 atom stereocenters. The second-order valence-electron chi connectivity index (χ2n) is 7.05. The van der Waals surface area contributed by atoms with Gasteiger partial charge in [0.25, 0.3) is 0 Å². The molecule has 0 aromatic carbocycles. The number of ether oxygens (including phenoxy) is 1. The molecule has 2 heterocycles. The highest BCUT2D eigenvalue weighted by atomic mass is 19.4. The molecule has 0 aliphatic heterocycles. The van der Waals surface area contributed by atoms with Gasteiger partial charge in [-0.15, -0.1) is 0 Å². The second kappa shape index (κ2) is 7.84. The van der Waals surface area contributed by atoms with Crippen LogP contribution in [0.5, 0.6) is 5.88 Å². The van der Waals surface area contributed by atoms with Gasteiger partial charge in [-0.2, -0.15) is 13.2 Å². The molecule has 1 aliphatic rings. The highest BCUT2D eigenvalue weighted by molar-refractivity contribution is 5.86. The van der Waals surface area contributed by atoms with E-state index in [0.717, 1.165) is 18.4 Å². The van der Waals surface area contributed by atoms with E-state index in [0.29, 0.717) is 29.6 Å². The summed E-state index contributed by atoms with van der Waals surface area (Å²) in [5, 5.41) is 13.1. The van der Waals surface area contributed by atoms with E-state index in [4.69, 9.17) is 4.74 Å². The fourth-order valence-corrected chi connectivity index (χ4v) is 3.55. The molecule has 2 aromatic heterocycles. The molecule has 1 fully saturated rings. The lowest BCUT2D eigenvalue weighted by Crippen LogP contribution is -2.25. The largest absolute Gasteiger partial charge is 0.480 e. The van der Waals surface area contributed by atoms with Crippen molar-refractivity contribution in [2.24, 2.45) is 0 Å². The Balaban J connectivity index is 1.93. The van der Waals surface area contributed by atoms with Gasteiger partial charge in [-0.3, -0.25) is 0 Å². The van der Waals surface area contributed by atoms with Crippen LogP contribution in [0.2, 0.25) is 0 Å². The predicted molar refractivity (Wildman–Crippen MR) is 94.9 cm³/mol. The highest BCUT2D eigenvalue weighted by Crippen LogP contribution is 2.37. The molecule has 6 nitrogen and oxygen atoms in total. The molecule has 9 heteroatoms. The van der Waals surface area contributed by atoms with Crippen molar-refractivity contribution in [3.05, 3.63) is 18.0 Å². The molecule has 1 aliphatic carbocycles. The van der Waals surface area contributed by atoms with Gasteiger partial charge in [0.1, 0.15) is 0 Å². The molecule has 1 saturated carbocycles. The summed E-state index contributed by atoms with van der Waals surface area (Å²) in [6, 6.07) is -0.848. The zero-order valence-corrected chi connectivity index (χ0v) is 15.3. The van der Waals surface area contributed by atoms with Crippen LogP contribution < -0.4 is 10.1 Å². The van der Waals surface area contributed by atoms with E-state index in [2.05, 4.69) is 20.3 Å². The van der Waals surface area contributed by atoms with Crippen LogP contribution in [0.4, 0.5) is 19.1 Å². The van der Waals surface area contributed by atoms with Crippen molar-refractivity contribution in [1.29, 1.82) is 0 Å². The number of aliphatic hydroxyl groups is 1. The molecule has 2 N–H and O–H groups in total. The number of alkyl halides is 3. The van der Waals surface area contributed by atoms with Crippen molar-refractivity contribution in [2.45, 2.75) is 63.3 Å². The minimum absolute atomic E-state index is 0.143. The van der Waals surface area contributed by atoms with E-state index in [-0.39, 0.29) is 18.0 Å². The number of fused-ring (bicyclic) bond motifs is 1. The number of hydrogen-bond acceptors (Lipinski definition) is 6. The summed E-state index contributed by atoms with van der Waals surface area (Å²) in [4.78, 5) is 12.9. The summed E-state index contributed by atoms with van der Waals surface area (Å²) < 4.78 is 43.0. The van der Waals surface area contributed by atoms with E-state index in [1.807, 2.05) is 0 Å². The Morgan fingerprint density at radius 3 is 2.56 bits per heavy atom. The third-order valence-electron chi connectivity index (χ3n) is 4.86. The zero-order valence-electron chi connectivity index (χ0n) is 15.3. The smallest absolute Gasteiger partial charge is 0.391 e. The fraction of sp³-hybridized carbons (Fsp3) is 0.611. The average Bonchev–Trinajstić information content (AvgIpc) is 2.60. The number of aromatic nitrogens is 3. The van der Waals surface area contributed by atoms with Crippen LogP contribution in [0.25, 0.3) is 10.9 Å². The summed E-state index contributed by atoms with van der Waals surface area (Å²) in [7, 11) is 1.50. The number of nitrogens with zero attached hydrogens (tertiary/aromatic N) is 3. The third kappa shape index (κ3) is 4.77. The Morgan fingerprint density at radius 2 is 1.93 bits per heavy atom. The fourth-order valence-electron chi connectivity index (χ4n) is 3.55. The molecule has 3 rings (SSSR count). The number of halogens is 3.